The molecule has 0 unspecified atom stereocenters. The van der Waals surface area contributed by atoms with Crippen molar-refractivity contribution >= 4 is 18.1 Å². The Kier molecular flexibility index (Phi) is 5.74. The number of aliphatic hydroxyl groups is 1. The summed E-state index contributed by atoms with van der Waals surface area (Å²) >= 11 is 0. The normalized spacial score (nSPS) is 27.7. The number of likely N-dealkylation sites (tertiary alicyclic amines) is 1. The first-order valence-corrected chi connectivity index (χ1v) is 11.7. The molecule has 2 N–H and O–H groups in total. The van der Waals surface area contributed by atoms with Gasteiger partial charge in [-0.2, -0.15) is 0 Å². The average Bonchev–Trinajstić information content (AvgIpc) is 3.50. The lowest BCUT2D eigenvalue weighted by molar-refractivity contribution is -0.127. The molecule has 0 bridgehead atoms. The Labute approximate surface area is 188 Å². The summed E-state index contributed by atoms with van der Waals surface area (Å²) in [6.45, 7) is 0.479. The van der Waals surface area contributed by atoms with E-state index >= 15 is 0 Å². The van der Waals surface area contributed by atoms with E-state index in [9.17, 15) is 14.7 Å². The lowest BCUT2D eigenvalue weighted by Crippen LogP contribution is -2.49. The molecule has 1 saturated carbocycles. The van der Waals surface area contributed by atoms with Crippen LogP contribution in [-0.2, 0) is 11.3 Å². The van der Waals surface area contributed by atoms with Crippen molar-refractivity contribution in [2.24, 2.45) is 11.8 Å². The third-order valence-corrected chi connectivity index (χ3v) is 7.61. The quantitative estimate of drug-likeness (QED) is 0.760. The number of rotatable bonds is 5. The third kappa shape index (κ3) is 3.61. The smallest absolute Gasteiger partial charge is 0.258 e. The molecule has 1 aromatic carbocycles. The molecule has 1 aliphatic carbocycles. The molecule has 3 heterocycles. The van der Waals surface area contributed by atoms with E-state index in [0.29, 0.717) is 12.1 Å². The number of carbonyl (C=O) groups is 1. The van der Waals surface area contributed by atoms with Gasteiger partial charge in [0.2, 0.25) is 5.91 Å². The number of carbonyl (C=O) groups excluding carboxylic acids is 1. The number of likely N-dealkylation sites (N-methyl/N-ethyl adjacent to an activating group) is 1. The largest absolute Gasteiger partial charge is 0.396 e. The molecule has 6 nitrogen and oxygen atoms in total. The van der Waals surface area contributed by atoms with Crippen LogP contribution >= 0.6 is 0 Å². The first-order chi connectivity index (χ1) is 15.6. The molecule has 168 valence electrons. The topological polar surface area (TPSA) is 74.6 Å². The summed E-state index contributed by atoms with van der Waals surface area (Å²) in [4.78, 5) is 28.4. The number of amides is 1. The highest BCUT2D eigenvalue weighted by Gasteiger charge is 2.54. The summed E-state index contributed by atoms with van der Waals surface area (Å²) < 4.78 is 1.84. The number of hydrogen-bond acceptors (Lipinski definition) is 4. The van der Waals surface area contributed by atoms with Crippen LogP contribution in [-0.4, -0.2) is 46.2 Å². The zero-order valence-electron chi connectivity index (χ0n) is 18.5. The minimum absolute atomic E-state index is 0.0128. The SMILES string of the molecule is CN1[C@H](C(=O)NC2CCCC2)[C@@H](CO)[C@@H]2Cn3c(ccc(/C=C/c4ccccc4)c3=O)[C@@H]21. The Morgan fingerprint density at radius 3 is 2.59 bits per heavy atom. The second kappa shape index (κ2) is 8.68. The van der Waals surface area contributed by atoms with Crippen LogP contribution < -0.4 is 10.9 Å². The lowest BCUT2D eigenvalue weighted by Gasteiger charge is -2.28. The molecule has 4 atom stereocenters. The third-order valence-electron chi connectivity index (χ3n) is 7.61. The summed E-state index contributed by atoms with van der Waals surface area (Å²) in [5, 5.41) is 13.4. The van der Waals surface area contributed by atoms with E-state index in [1.54, 1.807) is 0 Å². The number of aliphatic hydroxyl groups excluding tert-OH is 1. The second-order valence-corrected chi connectivity index (χ2v) is 9.43. The number of benzene rings is 1. The molecule has 3 aliphatic rings. The number of nitrogens with one attached hydrogen (secondary N) is 1. The minimum Gasteiger partial charge on any atom is -0.396 e. The summed E-state index contributed by atoms with van der Waals surface area (Å²) in [6, 6.07) is 13.7. The Morgan fingerprint density at radius 1 is 1.12 bits per heavy atom. The Bertz CT molecular complexity index is 1070. The van der Waals surface area contributed by atoms with Gasteiger partial charge in [-0.25, -0.2) is 0 Å². The molecular weight excluding hydrogens is 402 g/mol. The fourth-order valence-corrected chi connectivity index (χ4v) is 6.02. The van der Waals surface area contributed by atoms with E-state index in [0.717, 1.165) is 36.9 Å². The molecule has 2 fully saturated rings. The van der Waals surface area contributed by atoms with Gasteiger partial charge in [-0.15, -0.1) is 0 Å². The van der Waals surface area contributed by atoms with Crippen molar-refractivity contribution in [3.8, 4) is 0 Å². The predicted octanol–water partition coefficient (Wildman–Crippen LogP) is 2.67. The molecule has 1 aromatic heterocycles. The molecule has 5 rings (SSSR count). The standard InChI is InChI=1S/C26H31N3O3/c1-28-23-20(21(16-30)24(28)25(31)27-19-9-5-6-10-19)15-29-22(23)14-13-18(26(29)32)12-11-17-7-3-2-4-8-17/h2-4,7-8,11-14,19-21,23-24,30H,5-6,9-10,15-16H2,1H3,(H,27,31)/b12-11+/t20-,21-,23+,24-/m0/s1. The number of pyridine rings is 1. The van der Waals surface area contributed by atoms with Gasteiger partial charge in [0, 0.05) is 42.3 Å². The summed E-state index contributed by atoms with van der Waals surface area (Å²) in [5.41, 5.74) is 2.62. The fourth-order valence-electron chi connectivity index (χ4n) is 6.02. The first kappa shape index (κ1) is 21.2. The van der Waals surface area contributed by atoms with Gasteiger partial charge in [-0.05, 0) is 43.7 Å². The van der Waals surface area contributed by atoms with Crippen molar-refractivity contribution in [3.05, 3.63) is 69.6 Å². The fraction of sp³-hybridized carbons (Fsp3) is 0.462. The van der Waals surface area contributed by atoms with Crippen molar-refractivity contribution in [1.29, 1.82) is 0 Å². The molecule has 6 heteroatoms. The van der Waals surface area contributed by atoms with Crippen LogP contribution in [0.25, 0.3) is 12.2 Å². The monoisotopic (exact) mass is 433 g/mol. The van der Waals surface area contributed by atoms with Crippen LogP contribution in [0.2, 0.25) is 0 Å². The van der Waals surface area contributed by atoms with Gasteiger partial charge in [-0.3, -0.25) is 14.5 Å². The molecule has 0 spiro atoms. The number of hydrogen-bond donors (Lipinski definition) is 2. The average molecular weight is 434 g/mol. The van der Waals surface area contributed by atoms with Crippen LogP contribution in [0.3, 0.4) is 0 Å². The van der Waals surface area contributed by atoms with Crippen LogP contribution in [0.4, 0.5) is 0 Å². The maximum absolute atomic E-state index is 13.2. The van der Waals surface area contributed by atoms with Gasteiger partial charge in [0.1, 0.15) is 0 Å². The van der Waals surface area contributed by atoms with E-state index in [2.05, 4.69) is 10.2 Å². The van der Waals surface area contributed by atoms with E-state index in [4.69, 9.17) is 0 Å². The van der Waals surface area contributed by atoms with Gasteiger partial charge in [0.15, 0.2) is 0 Å². The number of fused-ring (bicyclic) bond motifs is 3. The van der Waals surface area contributed by atoms with Gasteiger partial charge < -0.3 is 15.0 Å². The van der Waals surface area contributed by atoms with E-state index < -0.39 is 0 Å². The maximum atomic E-state index is 13.2. The maximum Gasteiger partial charge on any atom is 0.258 e. The van der Waals surface area contributed by atoms with Gasteiger partial charge in [-0.1, -0.05) is 49.2 Å². The van der Waals surface area contributed by atoms with Crippen LogP contribution in [0, 0.1) is 11.8 Å². The Balaban J connectivity index is 1.40. The highest BCUT2D eigenvalue weighted by molar-refractivity contribution is 5.83. The van der Waals surface area contributed by atoms with Gasteiger partial charge in [0.25, 0.3) is 5.56 Å². The highest BCUT2D eigenvalue weighted by Crippen LogP contribution is 2.48. The van der Waals surface area contributed by atoms with Crippen molar-refractivity contribution < 1.29 is 9.90 Å². The number of aromatic nitrogens is 1. The van der Waals surface area contributed by atoms with Crippen LogP contribution in [0.1, 0.15) is 48.5 Å². The van der Waals surface area contributed by atoms with Crippen LogP contribution in [0.5, 0.6) is 0 Å². The Morgan fingerprint density at radius 2 is 1.88 bits per heavy atom. The number of nitrogens with zero attached hydrogens (tertiary/aromatic N) is 2. The van der Waals surface area contributed by atoms with E-state index in [1.165, 1.54) is 0 Å². The second-order valence-electron chi connectivity index (χ2n) is 9.43. The Hall–Kier alpha value is -2.70. The minimum atomic E-state index is -0.364. The molecular formula is C26H31N3O3. The summed E-state index contributed by atoms with van der Waals surface area (Å²) in [6.07, 6.45) is 8.22. The predicted molar refractivity (Wildman–Crippen MR) is 125 cm³/mol. The van der Waals surface area contributed by atoms with Crippen LogP contribution in [0.15, 0.2) is 47.3 Å². The van der Waals surface area contributed by atoms with E-state index in [-0.39, 0.29) is 48.0 Å². The van der Waals surface area contributed by atoms with E-state index in [1.807, 2.05) is 66.2 Å². The molecule has 2 aromatic rings. The van der Waals surface area contributed by atoms with Crippen molar-refractivity contribution in [1.82, 2.24) is 14.8 Å². The van der Waals surface area contributed by atoms with Crippen molar-refractivity contribution in [2.45, 2.75) is 50.4 Å². The molecule has 2 aliphatic heterocycles. The first-order valence-electron chi connectivity index (χ1n) is 11.7. The summed E-state index contributed by atoms with van der Waals surface area (Å²) in [7, 11) is 1.95. The molecule has 1 amide bonds. The molecule has 32 heavy (non-hydrogen) atoms. The van der Waals surface area contributed by atoms with Crippen molar-refractivity contribution in [2.75, 3.05) is 13.7 Å². The molecule has 0 radical (unpaired) electrons. The van der Waals surface area contributed by atoms with Crippen molar-refractivity contribution in [3.63, 3.8) is 0 Å². The zero-order chi connectivity index (χ0) is 22.2. The van der Waals surface area contributed by atoms with Gasteiger partial charge in [0.05, 0.1) is 12.1 Å². The van der Waals surface area contributed by atoms with Gasteiger partial charge >= 0.3 is 0 Å². The zero-order valence-corrected chi connectivity index (χ0v) is 18.5. The lowest BCUT2D eigenvalue weighted by atomic mass is 9.88. The highest BCUT2D eigenvalue weighted by atomic mass is 16.3. The summed E-state index contributed by atoms with van der Waals surface area (Å²) in [5.74, 6) is -0.122. The molecule has 1 saturated heterocycles.